The second kappa shape index (κ2) is 5.77. The molecule has 1 aliphatic heterocycles. The summed E-state index contributed by atoms with van der Waals surface area (Å²) >= 11 is 3.48. The summed E-state index contributed by atoms with van der Waals surface area (Å²) in [5.41, 5.74) is 2.95. The summed E-state index contributed by atoms with van der Waals surface area (Å²) < 4.78 is 6.83. The Morgan fingerprint density at radius 3 is 2.90 bits per heavy atom. The van der Waals surface area contributed by atoms with Crippen molar-refractivity contribution in [1.82, 2.24) is 0 Å². The van der Waals surface area contributed by atoms with E-state index in [9.17, 15) is 4.79 Å². The van der Waals surface area contributed by atoms with E-state index in [0.717, 1.165) is 33.7 Å². The van der Waals surface area contributed by atoms with Gasteiger partial charge in [0, 0.05) is 34.9 Å². The van der Waals surface area contributed by atoms with Crippen LogP contribution in [0, 0.1) is 0 Å². The number of carbonyl (C=O) groups excluding carboxylic acids is 1. The second-order valence-corrected chi connectivity index (χ2v) is 5.87. The van der Waals surface area contributed by atoms with Gasteiger partial charge in [-0.1, -0.05) is 22.0 Å². The molecule has 21 heavy (non-hydrogen) atoms. The predicted molar refractivity (Wildman–Crippen MR) is 86.6 cm³/mol. The first-order chi connectivity index (χ1) is 10.1. The van der Waals surface area contributed by atoms with Crippen LogP contribution >= 0.6 is 15.9 Å². The van der Waals surface area contributed by atoms with Crippen LogP contribution in [0.25, 0.3) is 0 Å². The highest BCUT2D eigenvalue weighted by atomic mass is 79.9. The number of benzene rings is 2. The summed E-state index contributed by atoms with van der Waals surface area (Å²) in [7, 11) is 0. The zero-order chi connectivity index (χ0) is 14.8. The fraction of sp³-hybridized carbons (Fsp3) is 0.188. The molecule has 0 radical (unpaired) electrons. The van der Waals surface area contributed by atoms with Crippen molar-refractivity contribution in [3.05, 3.63) is 52.5 Å². The van der Waals surface area contributed by atoms with Crippen molar-refractivity contribution in [2.24, 2.45) is 0 Å². The lowest BCUT2D eigenvalue weighted by atomic mass is 10.1. The van der Waals surface area contributed by atoms with Crippen LogP contribution < -0.4 is 15.0 Å². The summed E-state index contributed by atoms with van der Waals surface area (Å²) in [5, 5.41) is 2.80. The number of nitrogens with zero attached hydrogens (tertiary/aromatic N) is 1. The van der Waals surface area contributed by atoms with Crippen LogP contribution in [0.5, 0.6) is 5.75 Å². The number of ether oxygens (including phenoxy) is 1. The first-order valence-electron chi connectivity index (χ1n) is 6.65. The molecular weight excluding hydrogens is 332 g/mol. The summed E-state index contributed by atoms with van der Waals surface area (Å²) in [4.78, 5) is 13.3. The molecule has 0 saturated heterocycles. The minimum atomic E-state index is -0.0736. The third kappa shape index (κ3) is 3.19. The predicted octanol–water partition coefficient (Wildman–Crippen LogP) is 3.76. The van der Waals surface area contributed by atoms with Crippen LogP contribution in [0.3, 0.4) is 0 Å². The Morgan fingerprint density at radius 1 is 1.29 bits per heavy atom. The molecule has 1 heterocycles. The number of amides is 1. The van der Waals surface area contributed by atoms with Crippen molar-refractivity contribution in [2.75, 3.05) is 16.9 Å². The van der Waals surface area contributed by atoms with Gasteiger partial charge in [-0.3, -0.25) is 4.79 Å². The molecule has 0 aromatic heterocycles. The third-order valence-corrected chi connectivity index (χ3v) is 3.78. The third-order valence-electron chi connectivity index (χ3n) is 3.29. The van der Waals surface area contributed by atoms with Crippen molar-refractivity contribution >= 4 is 33.2 Å². The maximum atomic E-state index is 11.1. The van der Waals surface area contributed by atoms with E-state index >= 15 is 0 Å². The minimum Gasteiger partial charge on any atom is -0.473 e. The van der Waals surface area contributed by atoms with Crippen LogP contribution in [-0.4, -0.2) is 12.6 Å². The number of nitrogens with one attached hydrogen (secondary N) is 1. The number of rotatable bonds is 2. The fourth-order valence-corrected chi connectivity index (χ4v) is 2.75. The molecule has 0 bridgehead atoms. The SMILES string of the molecule is CC(=O)Nc1ccc2c(c1)CN(c1cccc(Br)c1)CO2. The van der Waals surface area contributed by atoms with Crippen molar-refractivity contribution < 1.29 is 9.53 Å². The first-order valence-corrected chi connectivity index (χ1v) is 7.45. The molecule has 0 aliphatic carbocycles. The molecular formula is C16H15BrN2O2. The molecule has 1 amide bonds. The summed E-state index contributed by atoms with van der Waals surface area (Å²) in [6.07, 6.45) is 0. The minimum absolute atomic E-state index is 0.0736. The van der Waals surface area contributed by atoms with Gasteiger partial charge >= 0.3 is 0 Å². The number of anilines is 2. The number of halogens is 1. The van der Waals surface area contributed by atoms with Crippen molar-refractivity contribution in [3.63, 3.8) is 0 Å². The maximum absolute atomic E-state index is 11.1. The molecule has 108 valence electrons. The average Bonchev–Trinajstić information content (AvgIpc) is 2.46. The van der Waals surface area contributed by atoms with Crippen LogP contribution in [-0.2, 0) is 11.3 Å². The number of hydrogen-bond acceptors (Lipinski definition) is 3. The number of hydrogen-bond donors (Lipinski definition) is 1. The summed E-state index contributed by atoms with van der Waals surface area (Å²) in [6.45, 7) is 2.77. The quantitative estimate of drug-likeness (QED) is 0.899. The Hall–Kier alpha value is -2.01. The molecule has 2 aromatic carbocycles. The van der Waals surface area contributed by atoms with Crippen molar-refractivity contribution in [3.8, 4) is 5.75 Å². The van der Waals surface area contributed by atoms with Gasteiger partial charge in [-0.15, -0.1) is 0 Å². The van der Waals surface area contributed by atoms with E-state index in [1.807, 2.05) is 30.3 Å². The Morgan fingerprint density at radius 2 is 2.14 bits per heavy atom. The zero-order valence-electron chi connectivity index (χ0n) is 11.6. The average molecular weight is 347 g/mol. The second-order valence-electron chi connectivity index (χ2n) is 4.95. The largest absolute Gasteiger partial charge is 0.473 e. The molecule has 0 atom stereocenters. The van der Waals surface area contributed by atoms with E-state index < -0.39 is 0 Å². The van der Waals surface area contributed by atoms with E-state index in [-0.39, 0.29) is 5.91 Å². The van der Waals surface area contributed by atoms with Gasteiger partial charge in [-0.25, -0.2) is 0 Å². The van der Waals surface area contributed by atoms with Gasteiger partial charge in [0.2, 0.25) is 5.91 Å². The molecule has 0 fully saturated rings. The van der Waals surface area contributed by atoms with Crippen molar-refractivity contribution in [1.29, 1.82) is 0 Å². The lowest BCUT2D eigenvalue weighted by Crippen LogP contribution is -2.31. The van der Waals surface area contributed by atoms with E-state index in [1.165, 1.54) is 6.92 Å². The van der Waals surface area contributed by atoms with Gasteiger partial charge in [0.25, 0.3) is 0 Å². The van der Waals surface area contributed by atoms with Crippen molar-refractivity contribution in [2.45, 2.75) is 13.5 Å². The topological polar surface area (TPSA) is 41.6 Å². The highest BCUT2D eigenvalue weighted by Crippen LogP contribution is 2.31. The molecule has 5 heteroatoms. The van der Waals surface area contributed by atoms with Gasteiger partial charge < -0.3 is 15.0 Å². The Bertz CT molecular complexity index is 688. The molecule has 4 nitrogen and oxygen atoms in total. The standard InChI is InChI=1S/C16H15BrN2O2/c1-11(20)18-14-5-6-16-12(7-14)9-19(10-21-16)15-4-2-3-13(17)8-15/h2-8H,9-10H2,1H3,(H,18,20). The monoisotopic (exact) mass is 346 g/mol. The van der Waals surface area contributed by atoms with Gasteiger partial charge in [0.15, 0.2) is 6.73 Å². The van der Waals surface area contributed by atoms with Crippen LogP contribution in [0.4, 0.5) is 11.4 Å². The Kier molecular flexibility index (Phi) is 3.84. The zero-order valence-corrected chi connectivity index (χ0v) is 13.2. The smallest absolute Gasteiger partial charge is 0.221 e. The normalized spacial score (nSPS) is 13.3. The lowest BCUT2D eigenvalue weighted by Gasteiger charge is -2.31. The summed E-state index contributed by atoms with van der Waals surface area (Å²) in [5.74, 6) is 0.797. The number of carbonyl (C=O) groups is 1. The highest BCUT2D eigenvalue weighted by molar-refractivity contribution is 9.10. The van der Waals surface area contributed by atoms with Gasteiger partial charge in [-0.05, 0) is 36.4 Å². The Balaban J connectivity index is 1.85. The lowest BCUT2D eigenvalue weighted by molar-refractivity contribution is -0.114. The summed E-state index contributed by atoms with van der Waals surface area (Å²) in [6, 6.07) is 13.8. The first kappa shape index (κ1) is 13.9. The Labute approximate surface area is 131 Å². The number of fused-ring (bicyclic) bond motifs is 1. The molecule has 3 rings (SSSR count). The molecule has 0 unspecified atom stereocenters. The van der Waals surface area contributed by atoms with E-state index in [0.29, 0.717) is 6.73 Å². The van der Waals surface area contributed by atoms with Crippen LogP contribution in [0.1, 0.15) is 12.5 Å². The maximum Gasteiger partial charge on any atom is 0.221 e. The fourth-order valence-electron chi connectivity index (χ4n) is 2.36. The van der Waals surface area contributed by atoms with Gasteiger partial charge in [0.1, 0.15) is 5.75 Å². The van der Waals surface area contributed by atoms with E-state index in [4.69, 9.17) is 4.74 Å². The van der Waals surface area contributed by atoms with Crippen LogP contribution in [0.2, 0.25) is 0 Å². The van der Waals surface area contributed by atoms with E-state index in [2.05, 4.69) is 38.3 Å². The molecule has 0 spiro atoms. The van der Waals surface area contributed by atoms with Gasteiger partial charge in [-0.2, -0.15) is 0 Å². The van der Waals surface area contributed by atoms with Crippen LogP contribution in [0.15, 0.2) is 46.9 Å². The molecule has 2 aromatic rings. The van der Waals surface area contributed by atoms with Gasteiger partial charge in [0.05, 0.1) is 0 Å². The molecule has 0 saturated carbocycles. The molecule has 1 aliphatic rings. The van der Waals surface area contributed by atoms with E-state index in [1.54, 1.807) is 0 Å². The highest BCUT2D eigenvalue weighted by Gasteiger charge is 2.18. The molecule has 1 N–H and O–H groups in total.